The van der Waals surface area contributed by atoms with Crippen LogP contribution >= 0.6 is 0 Å². The zero-order chi connectivity index (χ0) is 8.81. The lowest BCUT2D eigenvalue weighted by Crippen LogP contribution is -2.04. The van der Waals surface area contributed by atoms with Gasteiger partial charge in [0, 0.05) is 6.54 Å². The molecule has 0 aromatic heterocycles. The van der Waals surface area contributed by atoms with Gasteiger partial charge in [-0.05, 0) is 24.7 Å². The molecule has 0 amide bonds. The minimum absolute atomic E-state index is 0.651. The molecule has 3 heteroatoms. The third-order valence-corrected chi connectivity index (χ3v) is 1.47. The molecule has 0 spiro atoms. The lowest BCUT2D eigenvalue weighted by molar-refractivity contribution is 0.565. The highest BCUT2D eigenvalue weighted by atomic mass is 16.1. The van der Waals surface area contributed by atoms with Gasteiger partial charge < -0.3 is 5.32 Å². The van der Waals surface area contributed by atoms with Crippen molar-refractivity contribution in [2.24, 2.45) is 4.99 Å². The zero-order valence-corrected chi connectivity index (χ0v) is 6.87. The second-order valence-corrected chi connectivity index (χ2v) is 2.40. The Bertz CT molecular complexity index is 303. The van der Waals surface area contributed by atoms with Crippen LogP contribution in [0, 0.1) is 0 Å². The summed E-state index contributed by atoms with van der Waals surface area (Å²) in [5, 5.41) is 3.01. The van der Waals surface area contributed by atoms with Crippen LogP contribution in [0.5, 0.6) is 0 Å². The Morgan fingerprint density at radius 3 is 3.08 bits per heavy atom. The molecule has 0 radical (unpaired) electrons. The SMILES string of the molecule is CNCc1cccc(N=C=O)c1. The number of aliphatic imine (C=N–C) groups is 1. The fourth-order valence-electron chi connectivity index (χ4n) is 0.993. The average Bonchev–Trinajstić information content (AvgIpc) is 2.06. The molecule has 62 valence electrons. The number of rotatable bonds is 3. The summed E-state index contributed by atoms with van der Waals surface area (Å²) >= 11 is 0. The van der Waals surface area contributed by atoms with Crippen molar-refractivity contribution in [3.8, 4) is 0 Å². The Hall–Kier alpha value is -1.44. The first-order valence-corrected chi connectivity index (χ1v) is 3.68. The zero-order valence-electron chi connectivity index (χ0n) is 6.87. The van der Waals surface area contributed by atoms with E-state index in [-0.39, 0.29) is 0 Å². The summed E-state index contributed by atoms with van der Waals surface area (Å²) in [6, 6.07) is 7.45. The standard InChI is InChI=1S/C9H10N2O/c1-10-6-8-3-2-4-9(5-8)11-7-12/h2-5,10H,6H2,1H3. The van der Waals surface area contributed by atoms with E-state index < -0.39 is 0 Å². The molecule has 1 aromatic rings. The molecule has 1 aromatic carbocycles. The molecule has 0 saturated carbocycles. The van der Waals surface area contributed by atoms with Gasteiger partial charge in [0.1, 0.15) is 0 Å². The molecule has 0 heterocycles. The molecule has 1 rings (SSSR count). The van der Waals surface area contributed by atoms with Gasteiger partial charge >= 0.3 is 0 Å². The maximum atomic E-state index is 9.94. The molecule has 1 N–H and O–H groups in total. The van der Waals surface area contributed by atoms with Crippen LogP contribution in [0.15, 0.2) is 29.3 Å². The molecule has 0 unspecified atom stereocenters. The highest BCUT2D eigenvalue weighted by Gasteiger charge is 1.91. The van der Waals surface area contributed by atoms with Crippen LogP contribution in [-0.2, 0) is 11.3 Å². The fraction of sp³-hybridized carbons (Fsp3) is 0.222. The molecule has 0 atom stereocenters. The van der Waals surface area contributed by atoms with E-state index in [0.717, 1.165) is 12.1 Å². The number of carbonyl (C=O) groups excluding carboxylic acids is 1. The van der Waals surface area contributed by atoms with Gasteiger partial charge in [-0.25, -0.2) is 4.79 Å². The van der Waals surface area contributed by atoms with Gasteiger partial charge in [-0.15, -0.1) is 0 Å². The molecule has 12 heavy (non-hydrogen) atoms. The Balaban J connectivity index is 2.87. The van der Waals surface area contributed by atoms with E-state index in [1.54, 1.807) is 6.07 Å². The average molecular weight is 162 g/mol. The van der Waals surface area contributed by atoms with Gasteiger partial charge in [0.05, 0.1) is 5.69 Å². The summed E-state index contributed by atoms with van der Waals surface area (Å²) < 4.78 is 0. The van der Waals surface area contributed by atoms with Gasteiger partial charge in [-0.3, -0.25) is 0 Å². The largest absolute Gasteiger partial charge is 0.316 e. The van der Waals surface area contributed by atoms with E-state index in [4.69, 9.17) is 0 Å². The maximum Gasteiger partial charge on any atom is 0.240 e. The van der Waals surface area contributed by atoms with Crippen LogP contribution < -0.4 is 5.32 Å². The number of nitrogens with zero attached hydrogens (tertiary/aromatic N) is 1. The van der Waals surface area contributed by atoms with Gasteiger partial charge in [-0.2, -0.15) is 4.99 Å². The minimum Gasteiger partial charge on any atom is -0.316 e. The van der Waals surface area contributed by atoms with E-state index in [2.05, 4.69) is 10.3 Å². The van der Waals surface area contributed by atoms with Crippen molar-refractivity contribution in [2.75, 3.05) is 7.05 Å². The highest BCUT2D eigenvalue weighted by Crippen LogP contribution is 2.12. The summed E-state index contributed by atoms with van der Waals surface area (Å²) in [4.78, 5) is 13.5. The van der Waals surface area contributed by atoms with Crippen molar-refractivity contribution in [3.05, 3.63) is 29.8 Å². The fourth-order valence-corrected chi connectivity index (χ4v) is 0.993. The molecule has 0 aliphatic heterocycles. The first-order chi connectivity index (χ1) is 5.86. The number of hydrogen-bond donors (Lipinski definition) is 1. The lowest BCUT2D eigenvalue weighted by atomic mass is 10.2. The van der Waals surface area contributed by atoms with Crippen LogP contribution in [0.25, 0.3) is 0 Å². The molecular weight excluding hydrogens is 152 g/mol. The van der Waals surface area contributed by atoms with Crippen molar-refractivity contribution < 1.29 is 4.79 Å². The van der Waals surface area contributed by atoms with Crippen LogP contribution in [0.1, 0.15) is 5.56 Å². The van der Waals surface area contributed by atoms with Gasteiger partial charge in [0.15, 0.2) is 0 Å². The monoisotopic (exact) mass is 162 g/mol. The Kier molecular flexibility index (Phi) is 3.20. The molecule has 0 aliphatic carbocycles. The molecule has 3 nitrogen and oxygen atoms in total. The van der Waals surface area contributed by atoms with E-state index in [0.29, 0.717) is 5.69 Å². The minimum atomic E-state index is 0.651. The van der Waals surface area contributed by atoms with Crippen molar-refractivity contribution in [2.45, 2.75) is 6.54 Å². The molecular formula is C9H10N2O. The Morgan fingerprint density at radius 2 is 2.42 bits per heavy atom. The molecule has 0 bridgehead atoms. The van der Waals surface area contributed by atoms with Gasteiger partial charge in [0.25, 0.3) is 0 Å². The van der Waals surface area contributed by atoms with Crippen molar-refractivity contribution in [1.82, 2.24) is 5.32 Å². The topological polar surface area (TPSA) is 41.5 Å². The Labute approximate surface area is 71.1 Å². The summed E-state index contributed by atoms with van der Waals surface area (Å²) in [5.41, 5.74) is 1.76. The van der Waals surface area contributed by atoms with Crippen LogP contribution in [0.4, 0.5) is 5.69 Å². The number of isocyanates is 1. The summed E-state index contributed by atoms with van der Waals surface area (Å²) in [6.07, 6.45) is 1.51. The van der Waals surface area contributed by atoms with Crippen LogP contribution in [-0.4, -0.2) is 13.1 Å². The van der Waals surface area contributed by atoms with E-state index >= 15 is 0 Å². The number of benzene rings is 1. The molecule has 0 fully saturated rings. The van der Waals surface area contributed by atoms with Crippen LogP contribution in [0.3, 0.4) is 0 Å². The third-order valence-electron chi connectivity index (χ3n) is 1.47. The maximum absolute atomic E-state index is 9.94. The first kappa shape index (κ1) is 8.65. The lowest BCUT2D eigenvalue weighted by Gasteiger charge is -1.98. The quantitative estimate of drug-likeness (QED) is 0.538. The second-order valence-electron chi connectivity index (χ2n) is 2.40. The predicted molar refractivity (Wildman–Crippen MR) is 47.0 cm³/mol. The van der Waals surface area contributed by atoms with E-state index in [1.165, 1.54) is 6.08 Å². The van der Waals surface area contributed by atoms with Crippen molar-refractivity contribution >= 4 is 11.8 Å². The first-order valence-electron chi connectivity index (χ1n) is 3.68. The highest BCUT2D eigenvalue weighted by molar-refractivity contribution is 5.49. The Morgan fingerprint density at radius 1 is 1.58 bits per heavy atom. The van der Waals surface area contributed by atoms with Crippen LogP contribution in [0.2, 0.25) is 0 Å². The summed E-state index contributed by atoms with van der Waals surface area (Å²) in [5.74, 6) is 0. The predicted octanol–water partition coefficient (Wildman–Crippen LogP) is 1.37. The summed E-state index contributed by atoms with van der Waals surface area (Å²) in [7, 11) is 1.87. The van der Waals surface area contributed by atoms with E-state index in [1.807, 2.05) is 25.2 Å². The third kappa shape index (κ3) is 2.31. The molecule has 0 saturated heterocycles. The van der Waals surface area contributed by atoms with E-state index in [9.17, 15) is 4.79 Å². The van der Waals surface area contributed by atoms with Crippen molar-refractivity contribution in [3.63, 3.8) is 0 Å². The van der Waals surface area contributed by atoms with Gasteiger partial charge in [0.2, 0.25) is 6.08 Å². The number of nitrogens with one attached hydrogen (secondary N) is 1. The van der Waals surface area contributed by atoms with Crippen molar-refractivity contribution in [1.29, 1.82) is 0 Å². The van der Waals surface area contributed by atoms with Gasteiger partial charge in [-0.1, -0.05) is 12.1 Å². The molecule has 0 aliphatic rings. The smallest absolute Gasteiger partial charge is 0.240 e. The normalized spacial score (nSPS) is 9.08. The second kappa shape index (κ2) is 4.44. The number of hydrogen-bond acceptors (Lipinski definition) is 3. The summed E-state index contributed by atoms with van der Waals surface area (Å²) in [6.45, 7) is 0.780.